The molecule has 152 valence electrons. The lowest BCUT2D eigenvalue weighted by Gasteiger charge is -2.09. The first kappa shape index (κ1) is 19.5. The Morgan fingerprint density at radius 3 is 2.79 bits per heavy atom. The van der Waals surface area contributed by atoms with E-state index in [-0.39, 0.29) is 12.6 Å². The van der Waals surface area contributed by atoms with Crippen LogP contribution in [-0.4, -0.2) is 35.6 Å². The summed E-state index contributed by atoms with van der Waals surface area (Å²) in [5, 5.41) is 8.97. The van der Waals surface area contributed by atoms with Crippen molar-refractivity contribution in [3.8, 4) is 17.2 Å². The molecule has 1 N–H and O–H groups in total. The highest BCUT2D eigenvalue weighted by molar-refractivity contribution is 6.30. The van der Waals surface area contributed by atoms with Crippen LogP contribution in [0.3, 0.4) is 0 Å². The number of benzene rings is 1. The van der Waals surface area contributed by atoms with Crippen LogP contribution < -0.4 is 10.1 Å². The van der Waals surface area contributed by atoms with E-state index >= 15 is 0 Å². The van der Waals surface area contributed by atoms with E-state index in [0.717, 1.165) is 42.9 Å². The number of nitrogens with zero attached hydrogens (tertiary/aromatic N) is 2. The largest absolute Gasteiger partial charge is 0.516 e. The van der Waals surface area contributed by atoms with Crippen LogP contribution in [0.2, 0.25) is 5.02 Å². The number of nitrogens with one attached hydrogen (secondary N) is 1. The molecular weight excluding hydrogens is 394 g/mol. The van der Waals surface area contributed by atoms with Gasteiger partial charge in [0.2, 0.25) is 0 Å². The van der Waals surface area contributed by atoms with Crippen molar-refractivity contribution in [1.82, 2.24) is 15.1 Å². The molecule has 8 heteroatoms. The van der Waals surface area contributed by atoms with E-state index in [9.17, 15) is 4.79 Å². The zero-order chi connectivity index (χ0) is 20.2. The zero-order valence-electron chi connectivity index (χ0n) is 16.1. The fraction of sp³-hybridized carbons (Fsp3) is 0.333. The molecule has 0 saturated heterocycles. The zero-order valence-corrected chi connectivity index (χ0v) is 16.9. The van der Waals surface area contributed by atoms with Gasteiger partial charge in [-0.05, 0) is 38.1 Å². The first-order valence-electron chi connectivity index (χ1n) is 9.62. The van der Waals surface area contributed by atoms with Gasteiger partial charge in [-0.2, -0.15) is 5.10 Å². The number of fused-ring (bicyclic) bond motifs is 1. The molecule has 0 bridgehead atoms. The van der Waals surface area contributed by atoms with E-state index in [1.165, 1.54) is 5.56 Å². The summed E-state index contributed by atoms with van der Waals surface area (Å²) in [6.07, 6.45) is 0.995. The SMILES string of the molecule is CCOC(=O)Oc1ccc(Cn2nc3c(c2-c2ccc(Cl)cc2)CCNCC3)o1. The van der Waals surface area contributed by atoms with E-state index < -0.39 is 6.16 Å². The molecule has 0 atom stereocenters. The van der Waals surface area contributed by atoms with Crippen LogP contribution in [-0.2, 0) is 24.1 Å². The Kier molecular flexibility index (Phi) is 5.87. The Balaban J connectivity index is 1.64. The summed E-state index contributed by atoms with van der Waals surface area (Å²) in [4.78, 5) is 11.5. The normalized spacial score (nSPS) is 13.6. The molecule has 0 fully saturated rings. The second-order valence-corrected chi connectivity index (χ2v) is 7.13. The van der Waals surface area contributed by atoms with Gasteiger partial charge in [-0.3, -0.25) is 4.68 Å². The second kappa shape index (κ2) is 8.71. The number of carbonyl (C=O) groups excluding carboxylic acids is 1. The van der Waals surface area contributed by atoms with Gasteiger partial charge in [0, 0.05) is 35.2 Å². The van der Waals surface area contributed by atoms with Gasteiger partial charge in [0.15, 0.2) is 0 Å². The Morgan fingerprint density at radius 1 is 1.21 bits per heavy atom. The van der Waals surface area contributed by atoms with E-state index in [0.29, 0.717) is 17.3 Å². The minimum atomic E-state index is -0.784. The maximum absolute atomic E-state index is 11.5. The number of carbonyl (C=O) groups is 1. The molecule has 3 heterocycles. The first-order valence-corrected chi connectivity index (χ1v) is 10.0. The highest BCUT2D eigenvalue weighted by Gasteiger charge is 2.21. The van der Waals surface area contributed by atoms with Crippen LogP contribution in [0, 0.1) is 0 Å². The average molecular weight is 416 g/mol. The van der Waals surface area contributed by atoms with Crippen molar-refractivity contribution in [3.05, 3.63) is 58.4 Å². The average Bonchev–Trinajstić information content (AvgIpc) is 3.19. The number of ether oxygens (including phenoxy) is 2. The lowest BCUT2D eigenvalue weighted by Crippen LogP contribution is -2.17. The molecule has 0 amide bonds. The van der Waals surface area contributed by atoms with Gasteiger partial charge in [0.25, 0.3) is 5.95 Å². The first-order chi connectivity index (χ1) is 14.1. The quantitative estimate of drug-likeness (QED) is 0.633. The lowest BCUT2D eigenvalue weighted by molar-refractivity contribution is 0.0942. The summed E-state index contributed by atoms with van der Waals surface area (Å²) < 4.78 is 17.4. The molecule has 2 aromatic heterocycles. The summed E-state index contributed by atoms with van der Waals surface area (Å²) in [5.41, 5.74) is 4.45. The third-order valence-corrected chi connectivity index (χ3v) is 4.98. The summed E-state index contributed by atoms with van der Waals surface area (Å²) in [6, 6.07) is 11.2. The van der Waals surface area contributed by atoms with Crippen LogP contribution >= 0.6 is 11.6 Å². The molecule has 1 aliphatic heterocycles. The van der Waals surface area contributed by atoms with Crippen LogP contribution in [0.15, 0.2) is 40.8 Å². The van der Waals surface area contributed by atoms with Gasteiger partial charge in [-0.25, -0.2) is 4.79 Å². The van der Waals surface area contributed by atoms with Crippen molar-refractivity contribution in [2.24, 2.45) is 0 Å². The Labute approximate surface area is 173 Å². The van der Waals surface area contributed by atoms with Gasteiger partial charge in [-0.1, -0.05) is 23.7 Å². The van der Waals surface area contributed by atoms with Gasteiger partial charge in [0.05, 0.1) is 24.5 Å². The van der Waals surface area contributed by atoms with Crippen molar-refractivity contribution in [2.75, 3.05) is 19.7 Å². The third-order valence-electron chi connectivity index (χ3n) is 4.73. The highest BCUT2D eigenvalue weighted by Crippen LogP contribution is 2.30. The summed E-state index contributed by atoms with van der Waals surface area (Å²) in [5.74, 6) is 0.736. The van der Waals surface area contributed by atoms with E-state index in [1.807, 2.05) is 28.9 Å². The van der Waals surface area contributed by atoms with Gasteiger partial charge < -0.3 is 19.2 Å². The fourth-order valence-electron chi connectivity index (χ4n) is 3.48. The molecule has 0 radical (unpaired) electrons. The molecule has 0 aliphatic carbocycles. The van der Waals surface area contributed by atoms with Gasteiger partial charge in [0.1, 0.15) is 5.76 Å². The van der Waals surface area contributed by atoms with Gasteiger partial charge in [-0.15, -0.1) is 0 Å². The van der Waals surface area contributed by atoms with Crippen molar-refractivity contribution in [2.45, 2.75) is 26.3 Å². The van der Waals surface area contributed by atoms with Crippen molar-refractivity contribution in [3.63, 3.8) is 0 Å². The number of hydrogen-bond donors (Lipinski definition) is 1. The van der Waals surface area contributed by atoms with Gasteiger partial charge >= 0.3 is 6.16 Å². The van der Waals surface area contributed by atoms with Crippen LogP contribution in [0.25, 0.3) is 11.3 Å². The summed E-state index contributed by atoms with van der Waals surface area (Å²) >= 11 is 6.08. The molecular formula is C21H22ClN3O4. The molecule has 0 spiro atoms. The Bertz CT molecular complexity index is 994. The third kappa shape index (κ3) is 4.46. The minimum absolute atomic E-state index is 0.101. The Morgan fingerprint density at radius 2 is 2.00 bits per heavy atom. The molecule has 4 rings (SSSR count). The number of rotatable bonds is 5. The van der Waals surface area contributed by atoms with Crippen LogP contribution in [0.5, 0.6) is 5.95 Å². The number of hydrogen-bond acceptors (Lipinski definition) is 6. The molecule has 29 heavy (non-hydrogen) atoms. The van der Waals surface area contributed by atoms with Crippen LogP contribution in [0.4, 0.5) is 4.79 Å². The van der Waals surface area contributed by atoms with E-state index in [1.54, 1.807) is 19.1 Å². The predicted octanol–water partition coefficient (Wildman–Crippen LogP) is 4.07. The Hall–Kier alpha value is -2.77. The number of furan rings is 1. The smallest absolute Gasteiger partial charge is 0.434 e. The highest BCUT2D eigenvalue weighted by atomic mass is 35.5. The monoisotopic (exact) mass is 415 g/mol. The summed E-state index contributed by atoms with van der Waals surface area (Å²) in [7, 11) is 0. The fourth-order valence-corrected chi connectivity index (χ4v) is 3.60. The molecule has 1 aliphatic rings. The van der Waals surface area contributed by atoms with Crippen molar-refractivity contribution in [1.29, 1.82) is 0 Å². The van der Waals surface area contributed by atoms with Crippen molar-refractivity contribution < 1.29 is 18.7 Å². The molecule has 7 nitrogen and oxygen atoms in total. The maximum Gasteiger partial charge on any atom is 0.516 e. The minimum Gasteiger partial charge on any atom is -0.434 e. The van der Waals surface area contributed by atoms with E-state index in [2.05, 4.69) is 5.32 Å². The maximum atomic E-state index is 11.5. The molecule has 0 unspecified atom stereocenters. The summed E-state index contributed by atoms with van der Waals surface area (Å²) in [6.45, 7) is 4.19. The predicted molar refractivity (Wildman–Crippen MR) is 108 cm³/mol. The topological polar surface area (TPSA) is 78.5 Å². The second-order valence-electron chi connectivity index (χ2n) is 6.69. The number of aromatic nitrogens is 2. The lowest BCUT2D eigenvalue weighted by atomic mass is 10.0. The molecule has 1 aromatic carbocycles. The van der Waals surface area contributed by atoms with Crippen LogP contribution in [0.1, 0.15) is 23.9 Å². The molecule has 0 saturated carbocycles. The standard InChI is InChI=1S/C21H22ClN3O4/c1-2-27-21(26)29-19-8-7-16(28-19)13-25-20(14-3-5-15(22)6-4-14)17-9-11-23-12-10-18(17)24-25/h3-8,23H,2,9-13H2,1H3. The molecule has 3 aromatic rings. The van der Waals surface area contributed by atoms with Crippen molar-refractivity contribution >= 4 is 17.8 Å². The number of halogens is 1. The van der Waals surface area contributed by atoms with E-state index in [4.69, 9.17) is 30.6 Å².